The van der Waals surface area contributed by atoms with Gasteiger partial charge in [0.25, 0.3) is 0 Å². The minimum Gasteiger partial charge on any atom is -0.314 e. The Kier molecular flexibility index (Phi) is 7.95. The molecule has 0 aromatic heterocycles. The molecule has 18 heavy (non-hydrogen) atoms. The lowest BCUT2D eigenvalue weighted by Gasteiger charge is -2.18. The molecule has 0 aliphatic rings. The second kappa shape index (κ2) is 8.94. The molecule has 0 bridgehead atoms. The topological polar surface area (TPSA) is 12.0 Å². The summed E-state index contributed by atoms with van der Waals surface area (Å²) in [7, 11) is 0. The lowest BCUT2D eigenvalue weighted by Crippen LogP contribution is -2.32. The van der Waals surface area contributed by atoms with Gasteiger partial charge in [0.1, 0.15) is 5.82 Å². The van der Waals surface area contributed by atoms with E-state index in [9.17, 15) is 4.39 Å². The molecule has 0 amide bonds. The third-order valence-electron chi connectivity index (χ3n) is 2.83. The zero-order chi connectivity index (χ0) is 13.4. The number of benzene rings is 1. The van der Waals surface area contributed by atoms with Gasteiger partial charge in [0.15, 0.2) is 0 Å². The van der Waals surface area contributed by atoms with Crippen molar-refractivity contribution in [3.05, 3.63) is 34.1 Å². The molecular formula is C14H21BrFNS. The van der Waals surface area contributed by atoms with Crippen molar-refractivity contribution in [1.29, 1.82) is 0 Å². The molecule has 0 fully saturated rings. The Bertz CT molecular complexity index is 352. The molecule has 1 aromatic rings. The fourth-order valence-corrected chi connectivity index (χ4v) is 2.69. The van der Waals surface area contributed by atoms with Gasteiger partial charge in [-0.2, -0.15) is 11.8 Å². The summed E-state index contributed by atoms with van der Waals surface area (Å²) in [6, 6.07) is 5.69. The molecular weight excluding hydrogens is 313 g/mol. The molecule has 1 atom stereocenters. The summed E-state index contributed by atoms with van der Waals surface area (Å²) in [6.45, 7) is 3.15. The first-order valence-electron chi connectivity index (χ1n) is 6.33. The molecule has 0 spiro atoms. The summed E-state index contributed by atoms with van der Waals surface area (Å²) in [6.07, 6.45) is 5.06. The SMILES string of the molecule is CCCNC(CCSC)Cc1ccc(Br)cc1F. The average Bonchev–Trinajstić information content (AvgIpc) is 2.35. The van der Waals surface area contributed by atoms with Gasteiger partial charge < -0.3 is 5.32 Å². The minimum absolute atomic E-state index is 0.114. The molecule has 0 aliphatic heterocycles. The van der Waals surface area contributed by atoms with E-state index in [-0.39, 0.29) is 5.82 Å². The van der Waals surface area contributed by atoms with Crippen LogP contribution in [0.15, 0.2) is 22.7 Å². The number of nitrogens with one attached hydrogen (secondary N) is 1. The van der Waals surface area contributed by atoms with E-state index < -0.39 is 0 Å². The lowest BCUT2D eigenvalue weighted by molar-refractivity contribution is 0.486. The first kappa shape index (κ1) is 16.0. The van der Waals surface area contributed by atoms with Crippen LogP contribution in [0.25, 0.3) is 0 Å². The number of hydrogen-bond donors (Lipinski definition) is 1. The van der Waals surface area contributed by atoms with Gasteiger partial charge in [0, 0.05) is 10.5 Å². The summed E-state index contributed by atoms with van der Waals surface area (Å²) < 4.78 is 14.6. The first-order chi connectivity index (χ1) is 8.67. The van der Waals surface area contributed by atoms with Crippen LogP contribution in [0.2, 0.25) is 0 Å². The molecule has 0 radical (unpaired) electrons. The zero-order valence-electron chi connectivity index (χ0n) is 11.0. The van der Waals surface area contributed by atoms with Crippen LogP contribution in [0, 0.1) is 5.82 Å². The molecule has 1 rings (SSSR count). The van der Waals surface area contributed by atoms with E-state index in [1.165, 1.54) is 0 Å². The highest BCUT2D eigenvalue weighted by Gasteiger charge is 2.11. The first-order valence-corrected chi connectivity index (χ1v) is 8.52. The molecule has 0 saturated carbocycles. The molecule has 4 heteroatoms. The van der Waals surface area contributed by atoms with Crippen molar-refractivity contribution in [3.63, 3.8) is 0 Å². The maximum atomic E-state index is 13.8. The number of halogens is 2. The lowest BCUT2D eigenvalue weighted by atomic mass is 10.0. The van der Waals surface area contributed by atoms with E-state index in [1.807, 2.05) is 23.9 Å². The molecule has 1 nitrogen and oxygen atoms in total. The standard InChI is InChI=1S/C14H21BrFNS/c1-3-7-17-13(6-8-18-2)9-11-4-5-12(15)10-14(11)16/h4-5,10,13,17H,3,6-9H2,1-2H3. The molecule has 0 aliphatic carbocycles. The van der Waals surface area contributed by atoms with E-state index in [2.05, 4.69) is 34.4 Å². The Labute approximate surface area is 122 Å². The molecule has 0 heterocycles. The van der Waals surface area contributed by atoms with E-state index >= 15 is 0 Å². The van der Waals surface area contributed by atoms with Gasteiger partial charge in [-0.05, 0) is 55.5 Å². The molecule has 1 unspecified atom stereocenters. The highest BCUT2D eigenvalue weighted by atomic mass is 79.9. The van der Waals surface area contributed by atoms with Crippen LogP contribution in [-0.2, 0) is 6.42 Å². The van der Waals surface area contributed by atoms with Gasteiger partial charge in [-0.1, -0.05) is 28.9 Å². The molecule has 1 N–H and O–H groups in total. The van der Waals surface area contributed by atoms with Gasteiger partial charge in [-0.15, -0.1) is 0 Å². The second-order valence-electron chi connectivity index (χ2n) is 4.37. The Balaban J connectivity index is 2.62. The average molecular weight is 334 g/mol. The van der Waals surface area contributed by atoms with Crippen LogP contribution in [-0.4, -0.2) is 24.6 Å². The van der Waals surface area contributed by atoms with Gasteiger partial charge in [0.05, 0.1) is 0 Å². The van der Waals surface area contributed by atoms with E-state index in [1.54, 1.807) is 6.07 Å². The van der Waals surface area contributed by atoms with Crippen molar-refractivity contribution in [3.8, 4) is 0 Å². The van der Waals surface area contributed by atoms with Gasteiger partial charge in [-0.25, -0.2) is 4.39 Å². The normalized spacial score (nSPS) is 12.7. The van der Waals surface area contributed by atoms with Crippen LogP contribution in [0.5, 0.6) is 0 Å². The Morgan fingerprint density at radius 3 is 2.83 bits per heavy atom. The number of hydrogen-bond acceptors (Lipinski definition) is 2. The summed E-state index contributed by atoms with van der Waals surface area (Å²) in [5, 5.41) is 3.50. The van der Waals surface area contributed by atoms with Crippen molar-refractivity contribution < 1.29 is 4.39 Å². The van der Waals surface area contributed by atoms with E-state index in [0.717, 1.165) is 41.6 Å². The van der Waals surface area contributed by atoms with Gasteiger partial charge in [-0.3, -0.25) is 0 Å². The number of rotatable bonds is 8. The van der Waals surface area contributed by atoms with Crippen LogP contribution in [0.4, 0.5) is 4.39 Å². The summed E-state index contributed by atoms with van der Waals surface area (Å²) >= 11 is 5.13. The summed E-state index contributed by atoms with van der Waals surface area (Å²) in [4.78, 5) is 0. The third kappa shape index (κ3) is 5.72. The Morgan fingerprint density at radius 2 is 2.22 bits per heavy atom. The van der Waals surface area contributed by atoms with Crippen molar-refractivity contribution in [2.45, 2.75) is 32.2 Å². The Morgan fingerprint density at radius 1 is 1.44 bits per heavy atom. The largest absolute Gasteiger partial charge is 0.314 e. The van der Waals surface area contributed by atoms with Crippen LogP contribution in [0.3, 0.4) is 0 Å². The Hall–Kier alpha value is -0.0600. The van der Waals surface area contributed by atoms with Crippen molar-refractivity contribution in [2.75, 3.05) is 18.6 Å². The van der Waals surface area contributed by atoms with Crippen molar-refractivity contribution in [1.82, 2.24) is 5.32 Å². The zero-order valence-corrected chi connectivity index (χ0v) is 13.4. The highest BCUT2D eigenvalue weighted by molar-refractivity contribution is 9.10. The fraction of sp³-hybridized carbons (Fsp3) is 0.571. The summed E-state index contributed by atoms with van der Waals surface area (Å²) in [5.74, 6) is 0.997. The van der Waals surface area contributed by atoms with Crippen LogP contribution < -0.4 is 5.32 Å². The van der Waals surface area contributed by atoms with E-state index in [0.29, 0.717) is 6.04 Å². The third-order valence-corrected chi connectivity index (χ3v) is 3.97. The predicted octanol–water partition coefficient (Wildman–Crippen LogP) is 4.25. The molecule has 1 aromatic carbocycles. The monoisotopic (exact) mass is 333 g/mol. The minimum atomic E-state index is -0.114. The summed E-state index contributed by atoms with van der Waals surface area (Å²) in [5.41, 5.74) is 0.799. The van der Waals surface area contributed by atoms with E-state index in [4.69, 9.17) is 0 Å². The molecule has 0 saturated heterocycles. The smallest absolute Gasteiger partial charge is 0.127 e. The second-order valence-corrected chi connectivity index (χ2v) is 6.27. The number of thioether (sulfide) groups is 1. The quantitative estimate of drug-likeness (QED) is 0.763. The van der Waals surface area contributed by atoms with Gasteiger partial charge >= 0.3 is 0 Å². The van der Waals surface area contributed by atoms with Gasteiger partial charge in [0.2, 0.25) is 0 Å². The predicted molar refractivity (Wildman–Crippen MR) is 82.9 cm³/mol. The van der Waals surface area contributed by atoms with Crippen LogP contribution >= 0.6 is 27.7 Å². The highest BCUT2D eigenvalue weighted by Crippen LogP contribution is 2.17. The molecule has 102 valence electrons. The van der Waals surface area contributed by atoms with Crippen molar-refractivity contribution >= 4 is 27.7 Å². The maximum Gasteiger partial charge on any atom is 0.127 e. The van der Waals surface area contributed by atoms with Crippen LogP contribution in [0.1, 0.15) is 25.3 Å². The van der Waals surface area contributed by atoms with Crippen molar-refractivity contribution in [2.24, 2.45) is 0 Å². The maximum absolute atomic E-state index is 13.8. The fourth-order valence-electron chi connectivity index (χ4n) is 1.84.